The molecule has 0 aromatic rings. The average molecular weight is 133 g/mol. The van der Waals surface area contributed by atoms with Gasteiger partial charge in [0.1, 0.15) is 0 Å². The van der Waals surface area contributed by atoms with Crippen molar-refractivity contribution in [2.75, 3.05) is 13.2 Å². The third-order valence-electron chi connectivity index (χ3n) is 1.38. The van der Waals surface area contributed by atoms with Crippen LogP contribution in [0, 0.1) is 0 Å². The van der Waals surface area contributed by atoms with Crippen LogP contribution in [-0.4, -0.2) is 28.8 Å². The fourth-order valence-electron chi connectivity index (χ4n) is 0.824. The Kier molecular flexibility index (Phi) is 2.16. The lowest BCUT2D eigenvalue weighted by Crippen LogP contribution is -2.34. The van der Waals surface area contributed by atoms with Crippen molar-refractivity contribution in [1.82, 2.24) is 0 Å². The van der Waals surface area contributed by atoms with Crippen LogP contribution >= 0.6 is 11.8 Å². The number of aliphatic hydroxyl groups excluding tert-OH is 1. The summed E-state index contributed by atoms with van der Waals surface area (Å²) in [5, 5.41) is 9.66. The lowest BCUT2D eigenvalue weighted by atomic mass is 10.2. The molecule has 2 atom stereocenters. The number of aliphatic hydroxyl groups is 1. The van der Waals surface area contributed by atoms with Crippen molar-refractivity contribution in [3.63, 3.8) is 0 Å². The third kappa shape index (κ3) is 1.16. The van der Waals surface area contributed by atoms with E-state index >= 15 is 0 Å². The van der Waals surface area contributed by atoms with E-state index in [-0.39, 0.29) is 0 Å². The molecule has 1 aliphatic heterocycles. The van der Waals surface area contributed by atoms with E-state index in [4.69, 9.17) is 10.8 Å². The first-order valence-corrected chi connectivity index (χ1v) is 3.77. The Labute approximate surface area is 53.5 Å². The maximum atomic E-state index is 8.54. The first-order chi connectivity index (χ1) is 3.86. The van der Waals surface area contributed by atoms with Crippen molar-refractivity contribution in [1.29, 1.82) is 0 Å². The number of hydrogen-bond acceptors (Lipinski definition) is 3. The predicted molar refractivity (Wildman–Crippen MR) is 35.9 cm³/mol. The van der Waals surface area contributed by atoms with Gasteiger partial charge in [-0.15, -0.1) is 0 Å². The molecule has 0 amide bonds. The Hall–Kier alpha value is 0.270. The Morgan fingerprint density at radius 3 is 2.62 bits per heavy atom. The molecule has 0 aromatic carbocycles. The van der Waals surface area contributed by atoms with Crippen LogP contribution in [0.1, 0.15) is 6.42 Å². The summed E-state index contributed by atoms with van der Waals surface area (Å²) in [4.78, 5) is 0. The first-order valence-electron chi connectivity index (χ1n) is 2.83. The number of hydrogen-bond donors (Lipinski definition) is 2. The SMILES string of the molecule is NCC1CC(CO)S1. The lowest BCUT2D eigenvalue weighted by molar-refractivity contribution is 0.283. The highest BCUT2D eigenvalue weighted by Gasteiger charge is 2.27. The highest BCUT2D eigenvalue weighted by molar-refractivity contribution is 8.01. The fraction of sp³-hybridized carbons (Fsp3) is 1.00. The van der Waals surface area contributed by atoms with Crippen molar-refractivity contribution < 1.29 is 5.11 Å². The maximum Gasteiger partial charge on any atom is 0.0550 e. The van der Waals surface area contributed by atoms with Crippen LogP contribution in [0.5, 0.6) is 0 Å². The predicted octanol–water partition coefficient (Wildman–Crippen LogP) is -0.189. The quantitative estimate of drug-likeness (QED) is 0.549. The Morgan fingerprint density at radius 1 is 1.62 bits per heavy atom. The van der Waals surface area contributed by atoms with Gasteiger partial charge < -0.3 is 10.8 Å². The standard InChI is InChI=1S/C5H11NOS/c6-2-4-1-5(3-7)8-4/h4-5,7H,1-3,6H2. The summed E-state index contributed by atoms with van der Waals surface area (Å²) >= 11 is 1.80. The van der Waals surface area contributed by atoms with Gasteiger partial charge in [-0.3, -0.25) is 0 Å². The van der Waals surface area contributed by atoms with Gasteiger partial charge in [-0.25, -0.2) is 0 Å². The second-order valence-corrected chi connectivity index (χ2v) is 3.64. The number of thioether (sulfide) groups is 1. The van der Waals surface area contributed by atoms with E-state index in [1.807, 2.05) is 0 Å². The van der Waals surface area contributed by atoms with Crippen molar-refractivity contribution in [2.45, 2.75) is 16.9 Å². The molecule has 48 valence electrons. The molecule has 0 aromatic heterocycles. The molecule has 0 saturated carbocycles. The van der Waals surface area contributed by atoms with E-state index in [1.165, 1.54) is 0 Å². The monoisotopic (exact) mass is 133 g/mol. The minimum atomic E-state index is 0.321. The van der Waals surface area contributed by atoms with Gasteiger partial charge in [-0.1, -0.05) is 0 Å². The molecule has 8 heavy (non-hydrogen) atoms. The van der Waals surface area contributed by atoms with Crippen LogP contribution in [0.2, 0.25) is 0 Å². The Bertz CT molecular complexity index is 64.8. The van der Waals surface area contributed by atoms with Gasteiger partial charge in [0.2, 0.25) is 0 Å². The van der Waals surface area contributed by atoms with E-state index in [9.17, 15) is 0 Å². The van der Waals surface area contributed by atoms with Crippen LogP contribution in [0.15, 0.2) is 0 Å². The first kappa shape index (κ1) is 6.39. The smallest absolute Gasteiger partial charge is 0.0550 e. The highest BCUT2D eigenvalue weighted by Crippen LogP contribution is 2.34. The normalized spacial score (nSPS) is 36.8. The number of rotatable bonds is 2. The maximum absolute atomic E-state index is 8.54. The molecule has 0 radical (unpaired) electrons. The summed E-state index contributed by atoms with van der Waals surface area (Å²) in [6.07, 6.45) is 1.11. The van der Waals surface area contributed by atoms with Gasteiger partial charge in [0.05, 0.1) is 6.61 Å². The molecule has 0 bridgehead atoms. The molecule has 2 nitrogen and oxygen atoms in total. The average Bonchev–Trinajstić information content (AvgIpc) is 1.65. The van der Waals surface area contributed by atoms with Crippen molar-refractivity contribution in [2.24, 2.45) is 5.73 Å². The molecule has 1 fully saturated rings. The van der Waals surface area contributed by atoms with Gasteiger partial charge in [-0.05, 0) is 6.42 Å². The molecule has 3 N–H and O–H groups in total. The van der Waals surface area contributed by atoms with Crippen LogP contribution in [-0.2, 0) is 0 Å². The molecular weight excluding hydrogens is 122 g/mol. The van der Waals surface area contributed by atoms with Gasteiger partial charge in [0.15, 0.2) is 0 Å². The van der Waals surface area contributed by atoms with Crippen LogP contribution in [0.3, 0.4) is 0 Å². The molecule has 0 spiro atoms. The molecule has 2 unspecified atom stereocenters. The Balaban J connectivity index is 2.03. The largest absolute Gasteiger partial charge is 0.395 e. The third-order valence-corrected chi connectivity index (χ3v) is 2.87. The van der Waals surface area contributed by atoms with E-state index in [0.717, 1.165) is 13.0 Å². The van der Waals surface area contributed by atoms with Crippen molar-refractivity contribution in [3.05, 3.63) is 0 Å². The summed E-state index contributed by atoms with van der Waals surface area (Å²) in [6.45, 7) is 1.09. The van der Waals surface area contributed by atoms with E-state index in [1.54, 1.807) is 11.8 Å². The summed E-state index contributed by atoms with van der Waals surface area (Å²) in [7, 11) is 0. The van der Waals surface area contributed by atoms with Crippen molar-refractivity contribution >= 4 is 11.8 Å². The minimum absolute atomic E-state index is 0.321. The Morgan fingerprint density at radius 2 is 2.25 bits per heavy atom. The van der Waals surface area contributed by atoms with Crippen LogP contribution < -0.4 is 5.73 Å². The van der Waals surface area contributed by atoms with Gasteiger partial charge >= 0.3 is 0 Å². The van der Waals surface area contributed by atoms with Crippen LogP contribution in [0.4, 0.5) is 0 Å². The van der Waals surface area contributed by atoms with E-state index in [2.05, 4.69) is 0 Å². The fourth-order valence-corrected chi connectivity index (χ4v) is 1.89. The molecule has 3 heteroatoms. The summed E-state index contributed by atoms with van der Waals surface area (Å²) in [5.74, 6) is 0. The summed E-state index contributed by atoms with van der Waals surface area (Å²) < 4.78 is 0. The zero-order valence-electron chi connectivity index (χ0n) is 4.71. The van der Waals surface area contributed by atoms with Crippen LogP contribution in [0.25, 0.3) is 0 Å². The number of nitrogens with two attached hydrogens (primary N) is 1. The van der Waals surface area contributed by atoms with E-state index < -0.39 is 0 Å². The zero-order chi connectivity index (χ0) is 5.98. The molecular formula is C5H11NOS. The van der Waals surface area contributed by atoms with Gasteiger partial charge in [0.25, 0.3) is 0 Å². The van der Waals surface area contributed by atoms with Crippen molar-refractivity contribution in [3.8, 4) is 0 Å². The molecule has 0 aliphatic carbocycles. The molecule has 1 heterocycles. The second-order valence-electron chi connectivity index (χ2n) is 2.03. The lowest BCUT2D eigenvalue weighted by Gasteiger charge is -2.32. The van der Waals surface area contributed by atoms with E-state index in [0.29, 0.717) is 17.1 Å². The molecule has 1 aliphatic rings. The molecule has 1 saturated heterocycles. The highest BCUT2D eigenvalue weighted by atomic mass is 32.2. The molecule has 1 rings (SSSR count). The summed E-state index contributed by atoms with van der Waals surface area (Å²) in [6, 6.07) is 0. The summed E-state index contributed by atoms with van der Waals surface area (Å²) in [5.41, 5.74) is 5.35. The van der Waals surface area contributed by atoms with Gasteiger partial charge in [0, 0.05) is 17.0 Å². The van der Waals surface area contributed by atoms with Gasteiger partial charge in [-0.2, -0.15) is 11.8 Å². The minimum Gasteiger partial charge on any atom is -0.395 e. The second kappa shape index (κ2) is 2.71. The topological polar surface area (TPSA) is 46.2 Å². The zero-order valence-corrected chi connectivity index (χ0v) is 5.53.